The fourth-order valence-electron chi connectivity index (χ4n) is 2.67. The van der Waals surface area contributed by atoms with E-state index in [0.717, 1.165) is 12.1 Å². The van der Waals surface area contributed by atoms with Crippen LogP contribution in [0.3, 0.4) is 0 Å². The van der Waals surface area contributed by atoms with Gasteiger partial charge in [0, 0.05) is 6.54 Å². The van der Waals surface area contributed by atoms with Crippen molar-refractivity contribution < 1.29 is 27.8 Å². The minimum atomic E-state index is -4.61. The third-order valence-corrected chi connectivity index (χ3v) is 4.14. The lowest BCUT2D eigenvalue weighted by Gasteiger charge is -2.39. The van der Waals surface area contributed by atoms with Crippen molar-refractivity contribution in [2.24, 2.45) is 0 Å². The molecular weight excluding hydrogens is 335 g/mol. The number of benzene rings is 1. The quantitative estimate of drug-likeness (QED) is 0.881. The number of β-amino-alcohol motifs (C(OH)–C–C–N with tert-alkyl or cyclic N) is 1. The molecule has 23 heavy (non-hydrogen) atoms. The van der Waals surface area contributed by atoms with Crippen LogP contribution in [0, 0.1) is 0 Å². The van der Waals surface area contributed by atoms with Crippen LogP contribution in [-0.4, -0.2) is 35.8 Å². The Labute approximate surface area is 136 Å². The number of aliphatic hydroxyl groups is 1. The first-order chi connectivity index (χ1) is 10.7. The zero-order chi connectivity index (χ0) is 17.3. The summed E-state index contributed by atoms with van der Waals surface area (Å²) in [5, 5.41) is 10.3. The number of rotatable bonds is 2. The Balaban J connectivity index is 2.31. The summed E-state index contributed by atoms with van der Waals surface area (Å²) in [4.78, 5) is 13.1. The molecule has 1 unspecified atom stereocenters. The molecule has 1 saturated heterocycles. The van der Waals surface area contributed by atoms with Gasteiger partial charge in [0.05, 0.1) is 23.7 Å². The third kappa shape index (κ3) is 3.90. The third-order valence-electron chi connectivity index (χ3n) is 3.81. The SMILES string of the molecule is CCOC(=O)N1CCCC(O)(c2ccc(Cl)c(C(F)(F)F)c2)C1. The smallest absolute Gasteiger partial charge is 0.417 e. The first-order valence-corrected chi connectivity index (χ1v) is 7.56. The molecule has 1 fully saturated rings. The van der Waals surface area contributed by atoms with E-state index in [4.69, 9.17) is 16.3 Å². The number of ether oxygens (including phenoxy) is 1. The molecule has 0 saturated carbocycles. The molecule has 2 rings (SSSR count). The van der Waals surface area contributed by atoms with Crippen molar-refractivity contribution in [3.05, 3.63) is 34.3 Å². The number of nitrogens with zero attached hydrogens (tertiary/aromatic N) is 1. The molecule has 4 nitrogen and oxygen atoms in total. The van der Waals surface area contributed by atoms with Crippen LogP contribution in [0.4, 0.5) is 18.0 Å². The van der Waals surface area contributed by atoms with Gasteiger partial charge in [-0.05, 0) is 37.5 Å². The molecule has 0 aliphatic carbocycles. The van der Waals surface area contributed by atoms with Gasteiger partial charge in [0.1, 0.15) is 5.60 Å². The van der Waals surface area contributed by atoms with Gasteiger partial charge in [0.25, 0.3) is 0 Å². The van der Waals surface area contributed by atoms with Crippen LogP contribution >= 0.6 is 11.6 Å². The molecule has 128 valence electrons. The fraction of sp³-hybridized carbons (Fsp3) is 0.533. The number of piperidine rings is 1. The standard InChI is InChI=1S/C15H17ClF3NO3/c1-2-23-13(21)20-7-3-6-14(22,9-20)10-4-5-12(16)11(8-10)15(17,18)19/h4-5,8,22H,2-3,6-7,9H2,1H3. The van der Waals surface area contributed by atoms with Crippen molar-refractivity contribution in [1.82, 2.24) is 4.90 Å². The van der Waals surface area contributed by atoms with Crippen LogP contribution in [0.1, 0.15) is 30.9 Å². The highest BCUT2D eigenvalue weighted by atomic mass is 35.5. The summed E-state index contributed by atoms with van der Waals surface area (Å²) in [7, 11) is 0. The summed E-state index contributed by atoms with van der Waals surface area (Å²) in [5.41, 5.74) is -2.48. The number of likely N-dealkylation sites (tertiary alicyclic amines) is 1. The number of carbonyl (C=O) groups is 1. The number of halogens is 4. The number of amides is 1. The molecule has 1 amide bonds. The number of alkyl halides is 3. The van der Waals surface area contributed by atoms with E-state index in [0.29, 0.717) is 13.0 Å². The second-order valence-electron chi connectivity index (χ2n) is 5.45. The number of hydrogen-bond acceptors (Lipinski definition) is 3. The molecule has 0 spiro atoms. The zero-order valence-electron chi connectivity index (χ0n) is 12.5. The monoisotopic (exact) mass is 351 g/mol. The minimum absolute atomic E-state index is 0.0863. The highest BCUT2D eigenvalue weighted by molar-refractivity contribution is 6.31. The van der Waals surface area contributed by atoms with Gasteiger partial charge in [-0.15, -0.1) is 0 Å². The second-order valence-corrected chi connectivity index (χ2v) is 5.86. The summed E-state index contributed by atoms with van der Waals surface area (Å²) >= 11 is 5.60. The van der Waals surface area contributed by atoms with Crippen molar-refractivity contribution in [1.29, 1.82) is 0 Å². The van der Waals surface area contributed by atoms with Gasteiger partial charge in [-0.1, -0.05) is 17.7 Å². The summed E-state index contributed by atoms with van der Waals surface area (Å²) in [5.74, 6) is 0. The first kappa shape index (κ1) is 17.9. The molecule has 1 heterocycles. The molecule has 1 atom stereocenters. The number of hydrogen-bond donors (Lipinski definition) is 1. The van der Waals surface area contributed by atoms with Crippen LogP contribution in [0.25, 0.3) is 0 Å². The van der Waals surface area contributed by atoms with E-state index >= 15 is 0 Å². The zero-order valence-corrected chi connectivity index (χ0v) is 13.2. The normalized spacial score (nSPS) is 22.1. The molecule has 8 heteroatoms. The molecule has 1 aliphatic rings. The van der Waals surface area contributed by atoms with Crippen LogP contribution in [0.2, 0.25) is 5.02 Å². The van der Waals surface area contributed by atoms with Crippen LogP contribution in [0.5, 0.6) is 0 Å². The van der Waals surface area contributed by atoms with E-state index in [-0.39, 0.29) is 25.1 Å². The maximum absolute atomic E-state index is 13.0. The summed E-state index contributed by atoms with van der Waals surface area (Å²) in [6.07, 6.45) is -4.49. The van der Waals surface area contributed by atoms with Gasteiger partial charge >= 0.3 is 12.3 Å². The maximum Gasteiger partial charge on any atom is 0.417 e. The average molecular weight is 352 g/mol. The minimum Gasteiger partial charge on any atom is -0.450 e. The van der Waals surface area contributed by atoms with E-state index in [1.807, 2.05) is 0 Å². The lowest BCUT2D eigenvalue weighted by Crippen LogP contribution is -2.48. The molecule has 0 radical (unpaired) electrons. The highest BCUT2D eigenvalue weighted by Crippen LogP contribution is 2.39. The Hall–Kier alpha value is -1.47. The Morgan fingerprint density at radius 2 is 2.17 bits per heavy atom. The predicted molar refractivity (Wildman–Crippen MR) is 78.2 cm³/mol. The van der Waals surface area contributed by atoms with E-state index in [9.17, 15) is 23.1 Å². The van der Waals surface area contributed by atoms with Gasteiger partial charge in [-0.3, -0.25) is 0 Å². The van der Waals surface area contributed by atoms with E-state index < -0.39 is 28.5 Å². The van der Waals surface area contributed by atoms with Crippen molar-refractivity contribution >= 4 is 17.7 Å². The first-order valence-electron chi connectivity index (χ1n) is 7.18. The van der Waals surface area contributed by atoms with Gasteiger partial charge in [0.15, 0.2) is 0 Å². The average Bonchev–Trinajstić information content (AvgIpc) is 2.46. The predicted octanol–water partition coefficient (Wildman–Crippen LogP) is 3.80. The highest BCUT2D eigenvalue weighted by Gasteiger charge is 2.40. The van der Waals surface area contributed by atoms with Crippen molar-refractivity contribution in [2.75, 3.05) is 19.7 Å². The van der Waals surface area contributed by atoms with Crippen molar-refractivity contribution in [2.45, 2.75) is 31.5 Å². The molecule has 1 aliphatic heterocycles. The topological polar surface area (TPSA) is 49.8 Å². The Kier molecular flexibility index (Phi) is 5.10. The fourth-order valence-corrected chi connectivity index (χ4v) is 2.90. The van der Waals surface area contributed by atoms with Gasteiger partial charge in [-0.25, -0.2) is 4.79 Å². The largest absolute Gasteiger partial charge is 0.450 e. The van der Waals surface area contributed by atoms with Gasteiger partial charge < -0.3 is 14.7 Å². The van der Waals surface area contributed by atoms with Crippen molar-refractivity contribution in [3.8, 4) is 0 Å². The maximum atomic E-state index is 13.0. The van der Waals surface area contributed by atoms with Crippen molar-refractivity contribution in [3.63, 3.8) is 0 Å². The van der Waals surface area contributed by atoms with E-state index in [1.165, 1.54) is 11.0 Å². The molecule has 0 bridgehead atoms. The molecular formula is C15H17ClF3NO3. The van der Waals surface area contributed by atoms with Gasteiger partial charge in [-0.2, -0.15) is 13.2 Å². The second kappa shape index (κ2) is 6.57. The van der Waals surface area contributed by atoms with Crippen LogP contribution in [0.15, 0.2) is 18.2 Å². The Bertz CT molecular complexity index is 594. The van der Waals surface area contributed by atoms with Crippen LogP contribution in [-0.2, 0) is 16.5 Å². The van der Waals surface area contributed by atoms with E-state index in [2.05, 4.69) is 0 Å². The number of carbonyl (C=O) groups excluding carboxylic acids is 1. The lowest BCUT2D eigenvalue weighted by molar-refractivity contribution is -0.137. The Morgan fingerprint density at radius 1 is 1.48 bits per heavy atom. The lowest BCUT2D eigenvalue weighted by atomic mass is 9.85. The molecule has 1 aromatic carbocycles. The van der Waals surface area contributed by atoms with E-state index in [1.54, 1.807) is 6.92 Å². The summed E-state index contributed by atoms with van der Waals surface area (Å²) < 4.78 is 43.8. The van der Waals surface area contributed by atoms with Gasteiger partial charge in [0.2, 0.25) is 0 Å². The Morgan fingerprint density at radius 3 is 2.78 bits per heavy atom. The molecule has 1 aromatic rings. The molecule has 0 aromatic heterocycles. The summed E-state index contributed by atoms with van der Waals surface area (Å²) in [6.45, 7) is 2.11. The molecule has 1 N–H and O–H groups in total. The van der Waals surface area contributed by atoms with Crippen LogP contribution < -0.4 is 0 Å². The summed E-state index contributed by atoms with van der Waals surface area (Å²) in [6, 6.07) is 3.31.